The van der Waals surface area contributed by atoms with Crippen LogP contribution in [0.2, 0.25) is 0 Å². The van der Waals surface area contributed by atoms with Crippen LogP contribution in [-0.2, 0) is 28.7 Å². The number of carbonyl (C=O) groups excluding carboxylic acids is 4. The standard InChI is InChI=1S/C12H19NO6/c1-13(2)10(15)6-5-8(11(16)18-3)7-9(14)12(17)19-4/h8H,5-7H2,1-4H3. The van der Waals surface area contributed by atoms with Gasteiger partial charge in [-0.2, -0.15) is 0 Å². The Kier molecular flexibility index (Phi) is 7.40. The minimum absolute atomic E-state index is 0.0984. The van der Waals surface area contributed by atoms with E-state index in [1.165, 1.54) is 12.0 Å². The number of rotatable bonds is 7. The molecule has 7 nitrogen and oxygen atoms in total. The number of Topliss-reactive ketones (excluding diaryl/α,β-unsaturated/α-hetero) is 1. The molecule has 0 saturated carbocycles. The molecule has 0 aromatic rings. The highest BCUT2D eigenvalue weighted by molar-refractivity contribution is 6.33. The lowest BCUT2D eigenvalue weighted by atomic mass is 9.96. The van der Waals surface area contributed by atoms with Crippen molar-refractivity contribution in [2.45, 2.75) is 19.3 Å². The van der Waals surface area contributed by atoms with E-state index < -0.39 is 23.6 Å². The average Bonchev–Trinajstić information content (AvgIpc) is 2.40. The molecule has 1 unspecified atom stereocenters. The normalized spacial score (nSPS) is 11.4. The molecule has 19 heavy (non-hydrogen) atoms. The van der Waals surface area contributed by atoms with Gasteiger partial charge < -0.3 is 14.4 Å². The van der Waals surface area contributed by atoms with Crippen LogP contribution in [0.4, 0.5) is 0 Å². The van der Waals surface area contributed by atoms with Crippen LogP contribution >= 0.6 is 0 Å². The van der Waals surface area contributed by atoms with E-state index in [2.05, 4.69) is 9.47 Å². The molecule has 0 saturated heterocycles. The number of hydrogen-bond donors (Lipinski definition) is 0. The largest absolute Gasteiger partial charge is 0.469 e. The van der Waals surface area contributed by atoms with Crippen molar-refractivity contribution < 1.29 is 28.7 Å². The number of carbonyl (C=O) groups is 4. The summed E-state index contributed by atoms with van der Waals surface area (Å²) in [6, 6.07) is 0. The van der Waals surface area contributed by atoms with Gasteiger partial charge in [-0.05, 0) is 6.42 Å². The third-order valence-electron chi connectivity index (χ3n) is 2.58. The van der Waals surface area contributed by atoms with Crippen molar-refractivity contribution in [3.05, 3.63) is 0 Å². The zero-order valence-electron chi connectivity index (χ0n) is 11.6. The summed E-state index contributed by atoms with van der Waals surface area (Å²) in [5.74, 6) is -3.42. The highest BCUT2D eigenvalue weighted by atomic mass is 16.5. The summed E-state index contributed by atoms with van der Waals surface area (Å²) >= 11 is 0. The number of hydrogen-bond acceptors (Lipinski definition) is 6. The average molecular weight is 273 g/mol. The van der Waals surface area contributed by atoms with Crippen molar-refractivity contribution in [1.82, 2.24) is 4.90 Å². The van der Waals surface area contributed by atoms with Gasteiger partial charge in [0, 0.05) is 26.9 Å². The van der Waals surface area contributed by atoms with Crippen LogP contribution in [-0.4, -0.2) is 56.8 Å². The fourth-order valence-electron chi connectivity index (χ4n) is 1.41. The number of ether oxygens (including phenoxy) is 2. The fraction of sp³-hybridized carbons (Fsp3) is 0.667. The van der Waals surface area contributed by atoms with Gasteiger partial charge in [-0.15, -0.1) is 0 Å². The van der Waals surface area contributed by atoms with Gasteiger partial charge in [-0.3, -0.25) is 14.4 Å². The minimum atomic E-state index is -1.01. The van der Waals surface area contributed by atoms with Crippen LogP contribution in [0, 0.1) is 5.92 Å². The van der Waals surface area contributed by atoms with Gasteiger partial charge in [0.25, 0.3) is 0 Å². The van der Waals surface area contributed by atoms with Crippen molar-refractivity contribution in [3.8, 4) is 0 Å². The Morgan fingerprint density at radius 2 is 1.63 bits per heavy atom. The second-order valence-electron chi connectivity index (χ2n) is 4.17. The van der Waals surface area contributed by atoms with Crippen LogP contribution in [0.25, 0.3) is 0 Å². The molecule has 0 N–H and O–H groups in total. The van der Waals surface area contributed by atoms with E-state index in [9.17, 15) is 19.2 Å². The molecule has 0 rings (SSSR count). The van der Waals surface area contributed by atoms with Crippen molar-refractivity contribution in [3.63, 3.8) is 0 Å². The lowest BCUT2D eigenvalue weighted by Gasteiger charge is -2.15. The maximum atomic E-state index is 11.5. The Balaban J connectivity index is 4.57. The summed E-state index contributed by atoms with van der Waals surface area (Å²) in [6.45, 7) is 0. The molecular formula is C12H19NO6. The molecule has 7 heteroatoms. The molecule has 0 spiro atoms. The van der Waals surface area contributed by atoms with Crippen molar-refractivity contribution in [2.24, 2.45) is 5.92 Å². The number of ketones is 1. The first-order chi connectivity index (χ1) is 8.83. The van der Waals surface area contributed by atoms with E-state index >= 15 is 0 Å². The van der Waals surface area contributed by atoms with Gasteiger partial charge in [-0.25, -0.2) is 4.79 Å². The molecule has 0 aromatic heterocycles. The summed E-state index contributed by atoms with van der Waals surface area (Å²) in [4.78, 5) is 46.7. The summed E-state index contributed by atoms with van der Waals surface area (Å²) in [6.07, 6.45) is -0.0757. The van der Waals surface area contributed by atoms with Crippen LogP contribution in [0.5, 0.6) is 0 Å². The van der Waals surface area contributed by atoms with Crippen LogP contribution in [0.1, 0.15) is 19.3 Å². The Morgan fingerprint density at radius 1 is 1.05 bits per heavy atom. The van der Waals surface area contributed by atoms with Gasteiger partial charge >= 0.3 is 11.9 Å². The lowest BCUT2D eigenvalue weighted by Crippen LogP contribution is -2.27. The molecule has 0 bridgehead atoms. The van der Waals surface area contributed by atoms with Crippen LogP contribution < -0.4 is 0 Å². The van der Waals surface area contributed by atoms with Gasteiger partial charge in [0.2, 0.25) is 11.7 Å². The van der Waals surface area contributed by atoms with E-state index in [0.717, 1.165) is 7.11 Å². The molecule has 1 amide bonds. The number of methoxy groups -OCH3 is 2. The highest BCUT2D eigenvalue weighted by Gasteiger charge is 2.27. The van der Waals surface area contributed by atoms with Crippen LogP contribution in [0.15, 0.2) is 0 Å². The number of nitrogens with zero attached hydrogens (tertiary/aromatic N) is 1. The Labute approximate surface area is 111 Å². The molecule has 0 aliphatic heterocycles. The monoisotopic (exact) mass is 273 g/mol. The van der Waals surface area contributed by atoms with E-state index in [0.29, 0.717) is 0 Å². The second kappa shape index (κ2) is 8.23. The minimum Gasteiger partial charge on any atom is -0.469 e. The van der Waals surface area contributed by atoms with Crippen molar-refractivity contribution >= 4 is 23.6 Å². The Hall–Kier alpha value is -1.92. The molecular weight excluding hydrogens is 254 g/mol. The SMILES string of the molecule is COC(=O)C(=O)CC(CCC(=O)N(C)C)C(=O)OC. The van der Waals surface area contributed by atoms with E-state index in [-0.39, 0.29) is 25.2 Å². The number of amides is 1. The predicted octanol–water partition coefficient (Wildman–Crippen LogP) is -0.224. The predicted molar refractivity (Wildman–Crippen MR) is 65.1 cm³/mol. The van der Waals surface area contributed by atoms with Gasteiger partial charge in [0.05, 0.1) is 20.1 Å². The molecule has 1 atom stereocenters. The lowest BCUT2D eigenvalue weighted by molar-refractivity contribution is -0.154. The van der Waals surface area contributed by atoms with Crippen molar-refractivity contribution in [1.29, 1.82) is 0 Å². The number of esters is 2. The first-order valence-electron chi connectivity index (χ1n) is 5.72. The van der Waals surface area contributed by atoms with E-state index in [4.69, 9.17) is 0 Å². The second-order valence-corrected chi connectivity index (χ2v) is 4.17. The summed E-state index contributed by atoms with van der Waals surface area (Å²) in [5.41, 5.74) is 0. The molecule has 0 radical (unpaired) electrons. The Morgan fingerprint density at radius 3 is 2.05 bits per heavy atom. The third-order valence-corrected chi connectivity index (χ3v) is 2.58. The zero-order valence-corrected chi connectivity index (χ0v) is 11.6. The fourth-order valence-corrected chi connectivity index (χ4v) is 1.41. The first-order valence-corrected chi connectivity index (χ1v) is 5.72. The highest BCUT2D eigenvalue weighted by Crippen LogP contribution is 2.15. The molecule has 0 aliphatic carbocycles. The molecule has 108 valence electrons. The van der Waals surface area contributed by atoms with Crippen LogP contribution in [0.3, 0.4) is 0 Å². The summed E-state index contributed by atoms with van der Waals surface area (Å²) in [7, 11) is 5.46. The molecule has 0 aliphatic rings. The molecule has 0 heterocycles. The maximum Gasteiger partial charge on any atom is 0.374 e. The third kappa shape index (κ3) is 5.98. The first kappa shape index (κ1) is 17.1. The molecule has 0 aromatic carbocycles. The summed E-state index contributed by atoms with van der Waals surface area (Å²) in [5, 5.41) is 0. The van der Waals surface area contributed by atoms with Gasteiger partial charge in [0.1, 0.15) is 0 Å². The maximum absolute atomic E-state index is 11.5. The quantitative estimate of drug-likeness (QED) is 0.470. The van der Waals surface area contributed by atoms with Gasteiger partial charge in [0.15, 0.2) is 0 Å². The van der Waals surface area contributed by atoms with Gasteiger partial charge in [-0.1, -0.05) is 0 Å². The van der Waals surface area contributed by atoms with Crippen molar-refractivity contribution in [2.75, 3.05) is 28.3 Å². The Bertz CT molecular complexity index is 363. The van der Waals surface area contributed by atoms with E-state index in [1.807, 2.05) is 0 Å². The molecule has 0 fully saturated rings. The van der Waals surface area contributed by atoms with E-state index in [1.54, 1.807) is 14.1 Å². The zero-order chi connectivity index (χ0) is 15.0. The summed E-state index contributed by atoms with van der Waals surface area (Å²) < 4.78 is 8.83. The smallest absolute Gasteiger partial charge is 0.374 e. The topological polar surface area (TPSA) is 90.0 Å².